The molecular weight excluding hydrogens is 250 g/mol. The number of aromatic nitrogens is 1. The Morgan fingerprint density at radius 1 is 1.56 bits per heavy atom. The van der Waals surface area contributed by atoms with Crippen molar-refractivity contribution in [2.45, 2.75) is 0 Å². The quantitative estimate of drug-likeness (QED) is 0.770. The van der Waals surface area contributed by atoms with Gasteiger partial charge in [0.15, 0.2) is 0 Å². The van der Waals surface area contributed by atoms with E-state index in [9.17, 15) is 0 Å². The number of pyridine rings is 1. The molecule has 0 amide bonds. The molecule has 4 heteroatoms. The highest BCUT2D eigenvalue weighted by Crippen LogP contribution is 2.19. The molecule has 1 heterocycles. The van der Waals surface area contributed by atoms with Crippen molar-refractivity contribution >= 4 is 32.9 Å². The topological polar surface area (TPSA) is 33.1 Å². The summed E-state index contributed by atoms with van der Waals surface area (Å²) in [4.78, 5) is 3.67. The zero-order valence-corrected chi connectivity index (χ0v) is 7.71. The molecule has 9 heavy (non-hydrogen) atoms. The van der Waals surface area contributed by atoms with Gasteiger partial charge < -0.3 is 5.11 Å². The maximum atomic E-state index is 8.81. The first-order chi connectivity index (χ1) is 3.80. The van der Waals surface area contributed by atoms with E-state index in [0.717, 1.165) is 0 Å². The molecule has 0 unspecified atom stereocenters. The number of rotatable bonds is 0. The third kappa shape index (κ3) is 2.32. The maximum absolute atomic E-state index is 8.81. The minimum absolute atomic E-state index is 0. The summed E-state index contributed by atoms with van der Waals surface area (Å²) in [6, 6.07) is 1.68. The number of hydrogen-bond acceptors (Lipinski definition) is 2. The van der Waals surface area contributed by atoms with Crippen LogP contribution in [0.5, 0.6) is 5.75 Å². The monoisotopic (exact) mass is 253 g/mol. The summed E-state index contributed by atoms with van der Waals surface area (Å²) in [7, 11) is 0. The van der Waals surface area contributed by atoms with Crippen LogP contribution in [0.25, 0.3) is 0 Å². The molecule has 0 saturated heterocycles. The Labute approximate surface area is 71.8 Å². The van der Waals surface area contributed by atoms with Crippen molar-refractivity contribution in [1.82, 2.24) is 4.98 Å². The molecule has 0 saturated carbocycles. The van der Waals surface area contributed by atoms with Crippen molar-refractivity contribution in [3.05, 3.63) is 22.9 Å². The average Bonchev–Trinajstić information content (AvgIpc) is 1.77. The second-order valence-corrected chi connectivity index (χ2v) is 2.18. The Hall–Kier alpha value is -0.0900. The molecule has 0 fully saturated rings. The summed E-state index contributed by atoms with van der Waals surface area (Å²) in [5.41, 5.74) is 0. The fraction of sp³-hybridized carbons (Fsp3) is 0. The van der Waals surface area contributed by atoms with E-state index < -0.39 is 0 Å². The van der Waals surface area contributed by atoms with Crippen molar-refractivity contribution < 1.29 is 5.11 Å². The van der Waals surface area contributed by atoms with E-state index in [2.05, 4.69) is 20.9 Å². The van der Waals surface area contributed by atoms with E-state index in [-0.39, 0.29) is 22.7 Å². The molecule has 1 rings (SSSR count). The maximum Gasteiger partial charge on any atom is 0.148 e. The van der Waals surface area contributed by atoms with E-state index >= 15 is 0 Å². The van der Waals surface area contributed by atoms with Gasteiger partial charge in [-0.05, 0) is 22.0 Å². The summed E-state index contributed by atoms with van der Waals surface area (Å²) in [6.07, 6.45) is 2.98. The van der Waals surface area contributed by atoms with Gasteiger partial charge in [-0.2, -0.15) is 0 Å². The van der Waals surface area contributed by atoms with E-state index in [1.165, 1.54) is 6.20 Å². The van der Waals surface area contributed by atoms with Gasteiger partial charge in [0.1, 0.15) is 5.75 Å². The molecule has 0 aliphatic carbocycles. The van der Waals surface area contributed by atoms with Crippen molar-refractivity contribution in [3.8, 4) is 5.75 Å². The summed E-state index contributed by atoms with van der Waals surface area (Å²) < 4.78 is 0.674. The van der Waals surface area contributed by atoms with Crippen LogP contribution in [0.4, 0.5) is 0 Å². The number of nitrogens with zero attached hydrogens (tertiary/aromatic N) is 1. The van der Waals surface area contributed by atoms with E-state index in [0.29, 0.717) is 4.47 Å². The van der Waals surface area contributed by atoms with Gasteiger partial charge in [0, 0.05) is 6.20 Å². The lowest BCUT2D eigenvalue weighted by atomic mass is 10.5. The van der Waals surface area contributed by atoms with Crippen LogP contribution < -0.4 is 0 Å². The highest BCUT2D eigenvalue weighted by molar-refractivity contribution is 9.10. The minimum atomic E-state index is 0. The summed E-state index contributed by atoms with van der Waals surface area (Å²) in [5.74, 6) is 0.174. The summed E-state index contributed by atoms with van der Waals surface area (Å²) in [5, 5.41) is 8.81. The second kappa shape index (κ2) is 3.85. The Bertz CT molecular complexity index is 171. The molecule has 50 valence electrons. The summed E-state index contributed by atoms with van der Waals surface area (Å²) >= 11 is 3.11. The van der Waals surface area contributed by atoms with Crippen LogP contribution in [-0.4, -0.2) is 10.1 Å². The van der Waals surface area contributed by atoms with Crippen LogP contribution in [0.15, 0.2) is 22.9 Å². The van der Waals surface area contributed by atoms with Crippen LogP contribution >= 0.6 is 32.9 Å². The molecule has 0 spiro atoms. The third-order valence-corrected chi connectivity index (χ3v) is 1.42. The largest absolute Gasteiger partial charge is 0.505 e. The van der Waals surface area contributed by atoms with Crippen molar-refractivity contribution in [3.63, 3.8) is 0 Å². The Morgan fingerprint density at radius 3 is 2.56 bits per heavy atom. The zero-order valence-electron chi connectivity index (χ0n) is 4.41. The van der Waals surface area contributed by atoms with Crippen LogP contribution in [0, 0.1) is 0 Å². The normalized spacial score (nSPS) is 8.11. The van der Waals surface area contributed by atoms with E-state index in [1.807, 2.05) is 0 Å². The van der Waals surface area contributed by atoms with Gasteiger partial charge in [0.05, 0.1) is 10.7 Å². The van der Waals surface area contributed by atoms with Crippen molar-refractivity contribution in [2.75, 3.05) is 0 Å². The minimum Gasteiger partial charge on any atom is -0.505 e. The molecule has 1 aromatic rings. The lowest BCUT2D eigenvalue weighted by molar-refractivity contribution is 0.469. The third-order valence-electron chi connectivity index (χ3n) is 0.748. The van der Waals surface area contributed by atoms with Gasteiger partial charge in [-0.15, -0.1) is 17.0 Å². The fourth-order valence-corrected chi connectivity index (χ4v) is 0.590. The number of aromatic hydroxyl groups is 1. The van der Waals surface area contributed by atoms with Gasteiger partial charge in [0.25, 0.3) is 0 Å². The molecule has 2 nitrogen and oxygen atoms in total. The van der Waals surface area contributed by atoms with Gasteiger partial charge in [-0.25, -0.2) is 0 Å². The molecule has 0 bridgehead atoms. The number of hydrogen-bond donors (Lipinski definition) is 1. The number of halogens is 2. The van der Waals surface area contributed by atoms with Crippen LogP contribution in [-0.2, 0) is 0 Å². The van der Waals surface area contributed by atoms with E-state index in [4.69, 9.17) is 5.11 Å². The Morgan fingerprint density at radius 2 is 2.22 bits per heavy atom. The van der Waals surface area contributed by atoms with Crippen LogP contribution in [0.1, 0.15) is 0 Å². The zero-order chi connectivity index (χ0) is 5.98. The first kappa shape index (κ1) is 8.91. The van der Waals surface area contributed by atoms with E-state index in [1.54, 1.807) is 12.3 Å². The lowest BCUT2D eigenvalue weighted by Crippen LogP contribution is -1.69. The standard InChI is InChI=1S/C5H4BrNO.BrH/c6-4-1-2-7-3-5(4)8;/h1-3,8H;1H. The highest BCUT2D eigenvalue weighted by atomic mass is 79.9. The molecule has 0 aromatic carbocycles. The first-order valence-electron chi connectivity index (χ1n) is 2.09. The van der Waals surface area contributed by atoms with Crippen molar-refractivity contribution in [2.24, 2.45) is 0 Å². The highest BCUT2D eigenvalue weighted by Gasteiger charge is 1.90. The average molecular weight is 255 g/mol. The van der Waals surface area contributed by atoms with Crippen LogP contribution in [0.3, 0.4) is 0 Å². The predicted octanol–water partition coefficient (Wildman–Crippen LogP) is 2.13. The van der Waals surface area contributed by atoms with Crippen molar-refractivity contribution in [1.29, 1.82) is 0 Å². The van der Waals surface area contributed by atoms with Gasteiger partial charge in [-0.1, -0.05) is 0 Å². The van der Waals surface area contributed by atoms with Gasteiger partial charge in [0.2, 0.25) is 0 Å². The summed E-state index contributed by atoms with van der Waals surface area (Å²) in [6.45, 7) is 0. The lowest BCUT2D eigenvalue weighted by Gasteiger charge is -1.89. The fourth-order valence-electron chi connectivity index (χ4n) is 0.369. The van der Waals surface area contributed by atoms with Crippen LogP contribution in [0.2, 0.25) is 0 Å². The Balaban J connectivity index is 0.000000640. The smallest absolute Gasteiger partial charge is 0.148 e. The second-order valence-electron chi connectivity index (χ2n) is 1.33. The van der Waals surface area contributed by atoms with Gasteiger partial charge in [-0.3, -0.25) is 4.98 Å². The molecule has 0 aliphatic heterocycles. The van der Waals surface area contributed by atoms with Gasteiger partial charge >= 0.3 is 0 Å². The SMILES string of the molecule is Br.Oc1cnccc1Br. The predicted molar refractivity (Wildman–Crippen MR) is 43.9 cm³/mol. The Kier molecular flexibility index (Phi) is 3.81. The molecule has 0 atom stereocenters. The molecular formula is C5H5Br2NO. The molecule has 0 aliphatic rings. The molecule has 0 radical (unpaired) electrons. The first-order valence-corrected chi connectivity index (χ1v) is 2.88. The molecule has 1 N–H and O–H groups in total. The molecule has 1 aromatic heterocycles.